The molecular weight excluding hydrogens is 344 g/mol. The molecule has 1 aromatic rings. The average Bonchev–Trinajstić information content (AvgIpc) is 2.45. The van der Waals surface area contributed by atoms with Crippen LogP contribution in [0.4, 0.5) is 0 Å². The summed E-state index contributed by atoms with van der Waals surface area (Å²) in [5, 5.41) is 3.06. The number of benzene rings is 1. The number of hydrogen-bond acceptors (Lipinski definition) is 4. The number of ketones is 2. The third-order valence-corrected chi connectivity index (χ3v) is 4.23. The molecule has 1 fully saturated rings. The van der Waals surface area contributed by atoms with Crippen molar-refractivity contribution >= 4 is 27.5 Å². The number of allylic oxidation sites excluding steroid dienone is 1. The van der Waals surface area contributed by atoms with Gasteiger partial charge in [-0.25, -0.2) is 0 Å². The lowest BCUT2D eigenvalue weighted by Gasteiger charge is -2.22. The van der Waals surface area contributed by atoms with Crippen LogP contribution in [-0.2, 0) is 9.59 Å². The van der Waals surface area contributed by atoms with Crippen LogP contribution in [0.15, 0.2) is 40.5 Å². The van der Waals surface area contributed by atoms with Crippen molar-refractivity contribution in [2.75, 3.05) is 27.2 Å². The second kappa shape index (κ2) is 7.70. The van der Waals surface area contributed by atoms with Gasteiger partial charge in [0.1, 0.15) is 0 Å². The molecule has 1 aliphatic carbocycles. The number of carbonyl (C=O) groups is 2. The second-order valence-corrected chi connectivity index (χ2v) is 6.74. The lowest BCUT2D eigenvalue weighted by molar-refractivity contribution is -0.124. The number of hydrogen-bond donors (Lipinski definition) is 1. The Morgan fingerprint density at radius 2 is 1.95 bits per heavy atom. The van der Waals surface area contributed by atoms with Gasteiger partial charge in [-0.3, -0.25) is 9.59 Å². The van der Waals surface area contributed by atoms with E-state index in [1.807, 2.05) is 43.3 Å². The molecule has 0 saturated heterocycles. The highest BCUT2D eigenvalue weighted by Crippen LogP contribution is 2.32. The Kier molecular flexibility index (Phi) is 5.91. The topological polar surface area (TPSA) is 49.4 Å². The molecular formula is C17H21BrN2O2. The highest BCUT2D eigenvalue weighted by molar-refractivity contribution is 9.10. The maximum absolute atomic E-state index is 12.3. The molecule has 0 aliphatic heterocycles. The largest absolute Gasteiger partial charge is 0.389 e. The fourth-order valence-electron chi connectivity index (χ4n) is 2.51. The Balaban J connectivity index is 2.01. The highest BCUT2D eigenvalue weighted by Gasteiger charge is 2.31. The number of nitrogens with zero attached hydrogens (tertiary/aromatic N) is 1. The van der Waals surface area contributed by atoms with Crippen molar-refractivity contribution in [3.05, 3.63) is 46.1 Å². The van der Waals surface area contributed by atoms with Gasteiger partial charge in [0.25, 0.3) is 0 Å². The fourth-order valence-corrected chi connectivity index (χ4v) is 2.93. The normalized spacial score (nSPS) is 18.7. The molecule has 0 bridgehead atoms. The van der Waals surface area contributed by atoms with Gasteiger partial charge in [-0.15, -0.1) is 0 Å². The molecule has 1 saturated carbocycles. The minimum Gasteiger partial charge on any atom is -0.389 e. The summed E-state index contributed by atoms with van der Waals surface area (Å²) in [5.74, 6) is -0.159. The van der Waals surface area contributed by atoms with Gasteiger partial charge in [0.15, 0.2) is 11.6 Å². The minimum atomic E-state index is -0.0708. The summed E-state index contributed by atoms with van der Waals surface area (Å²) in [5.41, 5.74) is 1.35. The van der Waals surface area contributed by atoms with Crippen LogP contribution in [0, 0.1) is 0 Å². The van der Waals surface area contributed by atoms with Crippen LogP contribution in [0.25, 0.3) is 0 Å². The maximum atomic E-state index is 12.3. The smallest absolute Gasteiger partial charge is 0.168 e. The molecule has 2 rings (SSSR count). The molecule has 22 heavy (non-hydrogen) atoms. The summed E-state index contributed by atoms with van der Waals surface area (Å²) in [7, 11) is 3.96. The third-order valence-electron chi connectivity index (χ3n) is 3.73. The van der Waals surface area contributed by atoms with Gasteiger partial charge in [0.05, 0.1) is 5.57 Å². The monoisotopic (exact) mass is 364 g/mol. The zero-order chi connectivity index (χ0) is 16.1. The van der Waals surface area contributed by atoms with Crippen molar-refractivity contribution in [3.8, 4) is 0 Å². The maximum Gasteiger partial charge on any atom is 0.168 e. The van der Waals surface area contributed by atoms with E-state index in [1.165, 1.54) is 0 Å². The first-order valence-corrected chi connectivity index (χ1v) is 8.17. The highest BCUT2D eigenvalue weighted by atomic mass is 79.9. The zero-order valence-electron chi connectivity index (χ0n) is 12.9. The molecule has 5 heteroatoms. The van der Waals surface area contributed by atoms with Crippen LogP contribution in [0.5, 0.6) is 0 Å². The molecule has 4 nitrogen and oxygen atoms in total. The SMILES string of the molecule is CN(C)CCNC=C1C(=O)CC(c2cccc(Br)c2)CC1=O. The van der Waals surface area contributed by atoms with E-state index in [0.29, 0.717) is 25.0 Å². The predicted octanol–water partition coefficient (Wildman–Crippen LogP) is 2.50. The lowest BCUT2D eigenvalue weighted by atomic mass is 9.80. The molecule has 0 atom stereocenters. The van der Waals surface area contributed by atoms with E-state index in [0.717, 1.165) is 16.6 Å². The average molecular weight is 365 g/mol. The third kappa shape index (κ3) is 4.52. The molecule has 1 aromatic carbocycles. The Hall–Kier alpha value is -1.46. The Bertz CT molecular complexity index is 576. The summed E-state index contributed by atoms with van der Waals surface area (Å²) >= 11 is 3.43. The number of Topliss-reactive ketones (excluding diaryl/α,β-unsaturated/α-hetero) is 2. The van der Waals surface area contributed by atoms with Crippen LogP contribution >= 0.6 is 15.9 Å². The van der Waals surface area contributed by atoms with E-state index < -0.39 is 0 Å². The van der Waals surface area contributed by atoms with Crippen LogP contribution in [0.2, 0.25) is 0 Å². The number of carbonyl (C=O) groups excluding carboxylic acids is 2. The van der Waals surface area contributed by atoms with Gasteiger partial charge in [0.2, 0.25) is 0 Å². The number of nitrogens with one attached hydrogen (secondary N) is 1. The summed E-state index contributed by atoms with van der Waals surface area (Å²) in [6.07, 6.45) is 2.37. The number of rotatable bonds is 5. The first-order valence-electron chi connectivity index (χ1n) is 7.37. The summed E-state index contributed by atoms with van der Waals surface area (Å²) in [6, 6.07) is 7.83. The van der Waals surface area contributed by atoms with Gasteiger partial charge < -0.3 is 10.2 Å². The van der Waals surface area contributed by atoms with Crippen molar-refractivity contribution in [2.45, 2.75) is 18.8 Å². The van der Waals surface area contributed by atoms with E-state index in [2.05, 4.69) is 21.2 Å². The summed E-state index contributed by atoms with van der Waals surface area (Å²) in [4.78, 5) is 26.5. The predicted molar refractivity (Wildman–Crippen MR) is 90.8 cm³/mol. The van der Waals surface area contributed by atoms with E-state index >= 15 is 0 Å². The van der Waals surface area contributed by atoms with Gasteiger partial charge in [-0.1, -0.05) is 28.1 Å². The van der Waals surface area contributed by atoms with E-state index in [-0.39, 0.29) is 17.5 Å². The first-order chi connectivity index (χ1) is 10.5. The lowest BCUT2D eigenvalue weighted by Crippen LogP contribution is -2.28. The van der Waals surface area contributed by atoms with Crippen molar-refractivity contribution in [2.24, 2.45) is 0 Å². The van der Waals surface area contributed by atoms with Crippen molar-refractivity contribution < 1.29 is 9.59 Å². The van der Waals surface area contributed by atoms with Gasteiger partial charge in [0, 0.05) is 36.6 Å². The van der Waals surface area contributed by atoms with Gasteiger partial charge in [-0.2, -0.15) is 0 Å². The second-order valence-electron chi connectivity index (χ2n) is 5.82. The van der Waals surface area contributed by atoms with Gasteiger partial charge in [-0.05, 0) is 37.7 Å². The molecule has 0 aromatic heterocycles. The standard InChI is InChI=1S/C17H21BrN2O2/c1-20(2)7-6-19-11-15-16(21)9-13(10-17(15)22)12-4-3-5-14(18)8-12/h3-5,8,11,13,19H,6-7,9-10H2,1-2H3. The zero-order valence-corrected chi connectivity index (χ0v) is 14.5. The molecule has 0 heterocycles. The van der Waals surface area contributed by atoms with Crippen molar-refractivity contribution in [1.82, 2.24) is 10.2 Å². The molecule has 0 unspecified atom stereocenters. The molecule has 1 aliphatic rings. The molecule has 0 spiro atoms. The first kappa shape index (κ1) is 16.9. The molecule has 0 radical (unpaired) electrons. The van der Waals surface area contributed by atoms with Gasteiger partial charge >= 0.3 is 0 Å². The Morgan fingerprint density at radius 1 is 1.27 bits per heavy atom. The van der Waals surface area contributed by atoms with Crippen molar-refractivity contribution in [3.63, 3.8) is 0 Å². The summed E-state index contributed by atoms with van der Waals surface area (Å²) in [6.45, 7) is 1.57. The van der Waals surface area contributed by atoms with Crippen LogP contribution in [0.3, 0.4) is 0 Å². The number of likely N-dealkylation sites (N-methyl/N-ethyl adjacent to an activating group) is 1. The van der Waals surface area contributed by atoms with E-state index in [4.69, 9.17) is 0 Å². The summed E-state index contributed by atoms with van der Waals surface area (Å²) < 4.78 is 0.969. The fraction of sp³-hybridized carbons (Fsp3) is 0.412. The van der Waals surface area contributed by atoms with Crippen LogP contribution < -0.4 is 5.32 Å². The minimum absolute atomic E-state index is 0.0172. The number of halogens is 1. The Labute approximate surface area is 139 Å². The molecule has 118 valence electrons. The Morgan fingerprint density at radius 3 is 2.55 bits per heavy atom. The van der Waals surface area contributed by atoms with E-state index in [1.54, 1.807) is 6.20 Å². The van der Waals surface area contributed by atoms with Crippen LogP contribution in [0.1, 0.15) is 24.3 Å². The van der Waals surface area contributed by atoms with E-state index in [9.17, 15) is 9.59 Å². The van der Waals surface area contributed by atoms with Crippen molar-refractivity contribution in [1.29, 1.82) is 0 Å². The van der Waals surface area contributed by atoms with Crippen LogP contribution in [-0.4, -0.2) is 43.7 Å². The quantitative estimate of drug-likeness (QED) is 0.495. The molecule has 1 N–H and O–H groups in total. The molecule has 0 amide bonds.